The van der Waals surface area contributed by atoms with Crippen LogP contribution >= 0.6 is 0 Å². The molecular formula is C31H37N9O. The minimum absolute atomic E-state index is 0.304. The second-order valence-electron chi connectivity index (χ2n) is 11.1. The molecule has 0 bridgehead atoms. The predicted molar refractivity (Wildman–Crippen MR) is 160 cm³/mol. The highest BCUT2D eigenvalue weighted by Gasteiger charge is 2.29. The summed E-state index contributed by atoms with van der Waals surface area (Å²) in [7, 11) is 1.86. The zero-order valence-electron chi connectivity index (χ0n) is 23.4. The number of aryl methyl sites for hydroxylation is 1. The first-order valence-corrected chi connectivity index (χ1v) is 14.5. The molecule has 4 N–H and O–H groups in total. The van der Waals surface area contributed by atoms with Crippen LogP contribution in [-0.4, -0.2) is 62.3 Å². The van der Waals surface area contributed by atoms with Gasteiger partial charge >= 0.3 is 0 Å². The smallest absolute Gasteiger partial charge is 0.248 e. The number of hydrogen-bond acceptors (Lipinski definition) is 8. The maximum Gasteiger partial charge on any atom is 0.248 e. The number of anilines is 2. The van der Waals surface area contributed by atoms with Crippen LogP contribution in [0.4, 0.5) is 11.5 Å². The van der Waals surface area contributed by atoms with Crippen LogP contribution in [0.5, 0.6) is 0 Å². The molecule has 1 saturated carbocycles. The molecule has 0 radical (unpaired) electrons. The highest BCUT2D eigenvalue weighted by Crippen LogP contribution is 2.28. The van der Waals surface area contributed by atoms with Gasteiger partial charge < -0.3 is 21.3 Å². The predicted octanol–water partition coefficient (Wildman–Crippen LogP) is 4.02. The Morgan fingerprint density at radius 1 is 0.927 bits per heavy atom. The van der Waals surface area contributed by atoms with Gasteiger partial charge in [0.05, 0.1) is 0 Å². The number of carbonyl (C=O) groups excluding carboxylic acids is 1. The first kappa shape index (κ1) is 26.9. The van der Waals surface area contributed by atoms with Crippen molar-refractivity contribution in [3.63, 3.8) is 0 Å². The molecule has 1 amide bonds. The zero-order chi connectivity index (χ0) is 28.2. The number of benzene rings is 2. The Balaban J connectivity index is 1.11. The van der Waals surface area contributed by atoms with E-state index in [0.717, 1.165) is 60.7 Å². The molecule has 2 aliphatic rings. The largest absolute Gasteiger partial charge is 0.370 e. The van der Waals surface area contributed by atoms with Crippen LogP contribution in [-0.2, 0) is 7.05 Å². The van der Waals surface area contributed by atoms with Crippen molar-refractivity contribution in [2.75, 3.05) is 23.3 Å². The van der Waals surface area contributed by atoms with E-state index in [-0.39, 0.29) is 0 Å². The van der Waals surface area contributed by atoms with Crippen molar-refractivity contribution in [3.05, 3.63) is 72.4 Å². The van der Waals surface area contributed by atoms with Crippen molar-refractivity contribution < 1.29 is 4.79 Å². The molecule has 1 aliphatic heterocycles. The van der Waals surface area contributed by atoms with Gasteiger partial charge in [-0.15, -0.1) is 5.10 Å². The number of hydrogen-bond donors (Lipinski definition) is 3. The molecule has 1 aliphatic carbocycles. The summed E-state index contributed by atoms with van der Waals surface area (Å²) in [5.41, 5.74) is 10.2. The summed E-state index contributed by atoms with van der Waals surface area (Å²) in [4.78, 5) is 18.8. The minimum Gasteiger partial charge on any atom is -0.370 e. The summed E-state index contributed by atoms with van der Waals surface area (Å²) in [5.74, 6) is 1.20. The number of amides is 1. The fourth-order valence-electron chi connectivity index (χ4n) is 6.18. The molecule has 6 rings (SSSR count). The average Bonchev–Trinajstić information content (AvgIpc) is 3.44. The van der Waals surface area contributed by atoms with Crippen LogP contribution in [0.25, 0.3) is 22.5 Å². The number of pyridine rings is 1. The van der Waals surface area contributed by atoms with Gasteiger partial charge in [0.2, 0.25) is 5.91 Å². The Labute approximate surface area is 240 Å². The summed E-state index contributed by atoms with van der Waals surface area (Å²) >= 11 is 0. The van der Waals surface area contributed by atoms with Gasteiger partial charge in [-0.1, -0.05) is 25.0 Å². The lowest BCUT2D eigenvalue weighted by atomic mass is 9.89. The van der Waals surface area contributed by atoms with E-state index in [9.17, 15) is 4.79 Å². The lowest BCUT2D eigenvalue weighted by molar-refractivity contribution is 0.100. The topological polar surface area (TPSA) is 127 Å². The monoisotopic (exact) mass is 551 g/mol. The second kappa shape index (κ2) is 12.1. The van der Waals surface area contributed by atoms with Crippen LogP contribution < -0.4 is 21.3 Å². The van der Waals surface area contributed by atoms with Crippen molar-refractivity contribution in [1.29, 1.82) is 0 Å². The van der Waals surface area contributed by atoms with E-state index in [2.05, 4.69) is 66.4 Å². The molecule has 2 aromatic heterocycles. The van der Waals surface area contributed by atoms with Crippen molar-refractivity contribution in [2.45, 2.75) is 56.7 Å². The first-order chi connectivity index (χ1) is 20.0. The molecular weight excluding hydrogens is 514 g/mol. The summed E-state index contributed by atoms with van der Waals surface area (Å²) in [6.45, 7) is 2.04. The van der Waals surface area contributed by atoms with Gasteiger partial charge in [-0.2, -0.15) is 0 Å². The molecule has 3 heterocycles. The molecule has 212 valence electrons. The minimum atomic E-state index is -0.423. The van der Waals surface area contributed by atoms with Crippen molar-refractivity contribution in [2.24, 2.45) is 12.8 Å². The number of piperidine rings is 1. The Morgan fingerprint density at radius 3 is 2.51 bits per heavy atom. The zero-order valence-corrected chi connectivity index (χ0v) is 23.4. The summed E-state index contributed by atoms with van der Waals surface area (Å²) in [5, 5.41) is 19.6. The maximum atomic E-state index is 11.7. The summed E-state index contributed by atoms with van der Waals surface area (Å²) < 4.78 is 1.69. The van der Waals surface area contributed by atoms with Gasteiger partial charge in [0, 0.05) is 61.3 Å². The normalized spacial score (nSPS) is 21.0. The summed E-state index contributed by atoms with van der Waals surface area (Å²) in [6, 6.07) is 21.1. The van der Waals surface area contributed by atoms with Crippen LogP contribution in [0.15, 0.2) is 66.9 Å². The van der Waals surface area contributed by atoms with Gasteiger partial charge in [-0.25, -0.2) is 9.67 Å². The van der Waals surface area contributed by atoms with Crippen molar-refractivity contribution >= 4 is 17.4 Å². The van der Waals surface area contributed by atoms with Crippen LogP contribution in [0, 0.1) is 0 Å². The molecule has 10 heteroatoms. The third-order valence-electron chi connectivity index (χ3n) is 8.32. The SMILES string of the molecule is Cn1nnnc1-c1ccc(N2CCC[C@H](N[C@@H]3CCCC[C@H]3Nc3cc(-c4cccc(C(N)=O)c4)ccn3)C2)cc1. The highest BCUT2D eigenvalue weighted by atomic mass is 16.1. The molecule has 3 atom stereocenters. The fourth-order valence-corrected chi connectivity index (χ4v) is 6.18. The molecule has 0 unspecified atom stereocenters. The van der Waals surface area contributed by atoms with E-state index >= 15 is 0 Å². The number of primary amides is 1. The molecule has 10 nitrogen and oxygen atoms in total. The first-order valence-electron chi connectivity index (χ1n) is 14.5. The fraction of sp³-hybridized carbons (Fsp3) is 0.387. The Morgan fingerprint density at radius 2 is 1.73 bits per heavy atom. The van der Waals surface area contributed by atoms with Gasteiger partial charge in [0.1, 0.15) is 5.82 Å². The van der Waals surface area contributed by atoms with Crippen LogP contribution in [0.1, 0.15) is 48.9 Å². The molecule has 2 aromatic carbocycles. The van der Waals surface area contributed by atoms with E-state index in [1.165, 1.54) is 24.9 Å². The quantitative estimate of drug-likeness (QED) is 0.300. The van der Waals surface area contributed by atoms with Gasteiger partial charge in [0.15, 0.2) is 5.82 Å². The molecule has 41 heavy (non-hydrogen) atoms. The molecule has 1 saturated heterocycles. The Kier molecular flexibility index (Phi) is 7.91. The number of nitrogens with zero attached hydrogens (tertiary/aromatic N) is 6. The number of nitrogens with one attached hydrogen (secondary N) is 2. The van der Waals surface area contributed by atoms with E-state index in [4.69, 9.17) is 5.73 Å². The number of carbonyl (C=O) groups is 1. The molecule has 0 spiro atoms. The second-order valence-corrected chi connectivity index (χ2v) is 11.1. The van der Waals surface area contributed by atoms with Gasteiger partial charge in [0.25, 0.3) is 0 Å². The van der Waals surface area contributed by atoms with E-state index < -0.39 is 5.91 Å². The number of nitrogens with two attached hydrogens (primary N) is 1. The van der Waals surface area contributed by atoms with Gasteiger partial charge in [-0.3, -0.25) is 4.79 Å². The van der Waals surface area contributed by atoms with E-state index in [1.807, 2.05) is 37.5 Å². The van der Waals surface area contributed by atoms with E-state index in [0.29, 0.717) is 23.7 Å². The number of rotatable bonds is 8. The lowest BCUT2D eigenvalue weighted by Crippen LogP contribution is -2.54. The lowest BCUT2D eigenvalue weighted by Gasteiger charge is -2.40. The summed E-state index contributed by atoms with van der Waals surface area (Å²) in [6.07, 6.45) is 8.85. The molecule has 2 fully saturated rings. The molecule has 4 aromatic rings. The average molecular weight is 552 g/mol. The van der Waals surface area contributed by atoms with E-state index in [1.54, 1.807) is 10.7 Å². The highest BCUT2D eigenvalue weighted by molar-refractivity contribution is 5.94. The van der Waals surface area contributed by atoms with Crippen molar-refractivity contribution in [1.82, 2.24) is 30.5 Å². The standard InChI is InChI=1S/C31H37N9O/c1-39-31(36-37-38-39)21-11-13-26(14-12-21)40-17-5-8-25(20-40)34-27-9-2-3-10-28(27)35-29-19-23(15-16-33-29)22-6-4-7-24(18-22)30(32)41/h4,6-7,11-16,18-19,25,27-28,34H,2-3,5,8-10,17,20H2,1H3,(H2,32,41)(H,33,35)/t25-,27+,28+/m0/s1. The Hall–Kier alpha value is -4.31. The third kappa shape index (κ3) is 6.22. The van der Waals surface area contributed by atoms with Crippen LogP contribution in [0.3, 0.4) is 0 Å². The van der Waals surface area contributed by atoms with Gasteiger partial charge in [-0.05, 0) is 95.8 Å². The third-order valence-corrected chi connectivity index (χ3v) is 8.32. The van der Waals surface area contributed by atoms with Crippen molar-refractivity contribution in [3.8, 4) is 22.5 Å². The Bertz CT molecular complexity index is 1480. The number of tetrazole rings is 1. The van der Waals surface area contributed by atoms with Crippen LogP contribution in [0.2, 0.25) is 0 Å². The number of aromatic nitrogens is 5. The maximum absolute atomic E-state index is 11.7.